The van der Waals surface area contributed by atoms with Gasteiger partial charge in [0.05, 0.1) is 5.92 Å². The van der Waals surface area contributed by atoms with Crippen LogP contribution in [-0.2, 0) is 19.1 Å². The second kappa shape index (κ2) is 10.2. The van der Waals surface area contributed by atoms with Gasteiger partial charge < -0.3 is 19.9 Å². The molecular formula is C17H29NO6. The quantitative estimate of drug-likeness (QED) is 0.519. The molecular weight excluding hydrogens is 314 g/mol. The van der Waals surface area contributed by atoms with Crippen molar-refractivity contribution in [3.63, 3.8) is 0 Å². The van der Waals surface area contributed by atoms with Crippen LogP contribution in [0.3, 0.4) is 0 Å². The Balaban J connectivity index is 2.33. The van der Waals surface area contributed by atoms with E-state index in [1.807, 2.05) is 20.8 Å². The fourth-order valence-electron chi connectivity index (χ4n) is 2.68. The maximum atomic E-state index is 11.9. The van der Waals surface area contributed by atoms with Crippen molar-refractivity contribution in [3.8, 4) is 0 Å². The minimum absolute atomic E-state index is 0.137. The Hall–Kier alpha value is -1.79. The largest absolute Gasteiger partial charge is 0.481 e. The minimum Gasteiger partial charge on any atom is -0.481 e. The van der Waals surface area contributed by atoms with Gasteiger partial charge in [-0.1, -0.05) is 20.8 Å². The van der Waals surface area contributed by atoms with Gasteiger partial charge in [0.2, 0.25) is 0 Å². The van der Waals surface area contributed by atoms with Crippen LogP contribution in [0.5, 0.6) is 0 Å². The van der Waals surface area contributed by atoms with E-state index in [-0.39, 0.29) is 23.7 Å². The van der Waals surface area contributed by atoms with Gasteiger partial charge in [-0.15, -0.1) is 0 Å². The number of aliphatic carboxylic acids is 1. The highest BCUT2D eigenvalue weighted by Crippen LogP contribution is 2.28. The molecule has 1 amide bonds. The molecule has 24 heavy (non-hydrogen) atoms. The summed E-state index contributed by atoms with van der Waals surface area (Å²) in [6.45, 7) is 5.94. The number of hydrogen-bond acceptors (Lipinski definition) is 5. The zero-order valence-corrected chi connectivity index (χ0v) is 14.7. The number of carbonyl (C=O) groups excluding carboxylic acids is 2. The lowest BCUT2D eigenvalue weighted by Crippen LogP contribution is -2.37. The molecule has 2 N–H and O–H groups in total. The highest BCUT2D eigenvalue weighted by atomic mass is 16.7. The third-order valence-electron chi connectivity index (χ3n) is 4.20. The first-order valence-electron chi connectivity index (χ1n) is 8.70. The summed E-state index contributed by atoms with van der Waals surface area (Å²) < 4.78 is 10.4. The fraction of sp³-hybridized carbons (Fsp3) is 0.824. The average molecular weight is 343 g/mol. The molecule has 1 fully saturated rings. The molecule has 1 atom stereocenters. The number of rotatable bonds is 8. The molecule has 1 unspecified atom stereocenters. The molecule has 1 rings (SSSR count). The monoisotopic (exact) mass is 343 g/mol. The molecule has 7 heteroatoms. The summed E-state index contributed by atoms with van der Waals surface area (Å²) in [5, 5.41) is 11.7. The summed E-state index contributed by atoms with van der Waals surface area (Å²) in [6, 6.07) is 0. The Morgan fingerprint density at radius 3 is 2.25 bits per heavy atom. The predicted octanol–water partition coefficient (Wildman–Crippen LogP) is 2.93. The average Bonchev–Trinajstić information content (AvgIpc) is 2.52. The molecule has 1 aliphatic carbocycles. The molecule has 7 nitrogen and oxygen atoms in total. The van der Waals surface area contributed by atoms with E-state index >= 15 is 0 Å². The highest BCUT2D eigenvalue weighted by molar-refractivity contribution is 5.71. The van der Waals surface area contributed by atoms with Crippen LogP contribution in [0.25, 0.3) is 0 Å². The Kier molecular flexibility index (Phi) is 8.57. The molecule has 0 saturated heterocycles. The summed E-state index contributed by atoms with van der Waals surface area (Å²) in [6.07, 6.45) is 2.29. The summed E-state index contributed by atoms with van der Waals surface area (Å²) in [7, 11) is 0. The van der Waals surface area contributed by atoms with Crippen LogP contribution in [0.15, 0.2) is 0 Å². The van der Waals surface area contributed by atoms with Crippen LogP contribution in [0.2, 0.25) is 0 Å². The van der Waals surface area contributed by atoms with Crippen LogP contribution in [0.4, 0.5) is 4.79 Å². The molecule has 0 heterocycles. The van der Waals surface area contributed by atoms with Gasteiger partial charge in [0.25, 0.3) is 6.29 Å². The molecule has 0 aromatic carbocycles. The maximum Gasteiger partial charge on any atom is 0.410 e. The highest BCUT2D eigenvalue weighted by Gasteiger charge is 2.27. The standard InChI is InChI=1S/C17H29NO6/c1-4-5-14(19)23-16(11(2)3)24-17(22)18-10-12-6-8-13(9-7-12)15(20)21/h11-13,16H,4-10H2,1-3H3,(H,18,22)(H,20,21). The Labute approximate surface area is 143 Å². The smallest absolute Gasteiger partial charge is 0.410 e. The molecule has 0 bridgehead atoms. The number of amides is 1. The SMILES string of the molecule is CCCC(=O)OC(OC(=O)NCC1CCC(C(=O)O)CC1)C(C)C. The summed E-state index contributed by atoms with van der Waals surface area (Å²) in [5.41, 5.74) is 0. The van der Waals surface area contributed by atoms with Crippen molar-refractivity contribution >= 4 is 18.0 Å². The van der Waals surface area contributed by atoms with E-state index in [4.69, 9.17) is 14.6 Å². The van der Waals surface area contributed by atoms with Gasteiger partial charge >= 0.3 is 18.0 Å². The van der Waals surface area contributed by atoms with Crippen molar-refractivity contribution in [2.75, 3.05) is 6.54 Å². The summed E-state index contributed by atoms with van der Waals surface area (Å²) in [4.78, 5) is 34.4. The van der Waals surface area contributed by atoms with Gasteiger partial charge in [0.15, 0.2) is 0 Å². The first-order chi connectivity index (χ1) is 11.3. The molecule has 0 aliphatic heterocycles. The number of carboxylic acid groups (broad SMARTS) is 1. The lowest BCUT2D eigenvalue weighted by atomic mass is 9.82. The number of alkyl carbamates (subject to hydrolysis) is 1. The number of carboxylic acids is 1. The van der Waals surface area contributed by atoms with Crippen molar-refractivity contribution in [1.29, 1.82) is 0 Å². The van der Waals surface area contributed by atoms with Gasteiger partial charge in [-0.3, -0.25) is 9.59 Å². The minimum atomic E-state index is -0.896. The first kappa shape index (κ1) is 20.3. The Morgan fingerprint density at radius 2 is 1.75 bits per heavy atom. The molecule has 1 aliphatic rings. The van der Waals surface area contributed by atoms with E-state index in [1.54, 1.807) is 0 Å². The predicted molar refractivity (Wildman–Crippen MR) is 87.2 cm³/mol. The van der Waals surface area contributed by atoms with Crippen LogP contribution in [0, 0.1) is 17.8 Å². The van der Waals surface area contributed by atoms with Crippen LogP contribution in [0.1, 0.15) is 59.3 Å². The van der Waals surface area contributed by atoms with E-state index in [0.717, 1.165) is 12.8 Å². The second-order valence-electron chi connectivity index (χ2n) is 6.69. The molecule has 1 saturated carbocycles. The van der Waals surface area contributed by atoms with Crippen molar-refractivity contribution in [2.45, 2.75) is 65.6 Å². The molecule has 0 spiro atoms. The Morgan fingerprint density at radius 1 is 1.12 bits per heavy atom. The Bertz CT molecular complexity index is 429. The van der Waals surface area contributed by atoms with E-state index in [2.05, 4.69) is 5.32 Å². The van der Waals surface area contributed by atoms with E-state index in [1.165, 1.54) is 0 Å². The molecule has 0 aromatic heterocycles. The summed E-state index contributed by atoms with van der Waals surface area (Å²) in [5.74, 6) is -1.27. The number of esters is 1. The fourth-order valence-corrected chi connectivity index (χ4v) is 2.68. The normalized spacial score (nSPS) is 21.8. The van der Waals surface area contributed by atoms with Crippen molar-refractivity contribution in [1.82, 2.24) is 5.32 Å². The second-order valence-corrected chi connectivity index (χ2v) is 6.69. The first-order valence-corrected chi connectivity index (χ1v) is 8.70. The summed E-state index contributed by atoms with van der Waals surface area (Å²) >= 11 is 0. The number of hydrogen-bond donors (Lipinski definition) is 2. The third-order valence-corrected chi connectivity index (χ3v) is 4.20. The molecule has 0 radical (unpaired) electrons. The van der Waals surface area contributed by atoms with Gasteiger partial charge in [-0.25, -0.2) is 4.79 Å². The van der Waals surface area contributed by atoms with Crippen LogP contribution >= 0.6 is 0 Å². The van der Waals surface area contributed by atoms with E-state index < -0.39 is 18.4 Å². The molecule has 0 aromatic rings. The van der Waals surface area contributed by atoms with Gasteiger partial charge in [0.1, 0.15) is 0 Å². The lowest BCUT2D eigenvalue weighted by Gasteiger charge is -2.26. The topological polar surface area (TPSA) is 102 Å². The third kappa shape index (κ3) is 7.19. The molecule has 138 valence electrons. The van der Waals surface area contributed by atoms with Crippen LogP contribution in [-0.4, -0.2) is 36.0 Å². The van der Waals surface area contributed by atoms with E-state index in [0.29, 0.717) is 32.2 Å². The van der Waals surface area contributed by atoms with E-state index in [9.17, 15) is 14.4 Å². The van der Waals surface area contributed by atoms with Crippen LogP contribution < -0.4 is 5.32 Å². The van der Waals surface area contributed by atoms with Crippen molar-refractivity contribution in [2.24, 2.45) is 17.8 Å². The van der Waals surface area contributed by atoms with Gasteiger partial charge in [0, 0.05) is 18.9 Å². The van der Waals surface area contributed by atoms with Crippen molar-refractivity contribution in [3.05, 3.63) is 0 Å². The number of nitrogens with one attached hydrogen (secondary N) is 1. The lowest BCUT2D eigenvalue weighted by molar-refractivity contribution is -0.175. The van der Waals surface area contributed by atoms with Gasteiger partial charge in [-0.05, 0) is 38.0 Å². The number of carbonyl (C=O) groups is 3. The zero-order valence-electron chi connectivity index (χ0n) is 14.7. The van der Waals surface area contributed by atoms with Crippen molar-refractivity contribution < 1.29 is 29.0 Å². The zero-order chi connectivity index (χ0) is 18.1. The maximum absolute atomic E-state index is 11.9. The van der Waals surface area contributed by atoms with Gasteiger partial charge in [-0.2, -0.15) is 0 Å². The number of ether oxygens (including phenoxy) is 2.